The number of aromatic nitrogens is 2. The van der Waals surface area contributed by atoms with Crippen molar-refractivity contribution < 1.29 is 18.0 Å². The monoisotopic (exact) mass is 652 g/mol. The van der Waals surface area contributed by atoms with E-state index in [0.717, 1.165) is 50.0 Å². The Balaban J connectivity index is 0.974. The number of hydrogen-bond donors (Lipinski definition) is 2. The fourth-order valence-corrected chi connectivity index (χ4v) is 9.96. The third-order valence-electron chi connectivity index (χ3n) is 11.2. The molecule has 3 saturated heterocycles. The van der Waals surface area contributed by atoms with Gasteiger partial charge in [0.25, 0.3) is 15.9 Å². The molecule has 4 aliphatic heterocycles. The van der Waals surface area contributed by atoms with Crippen LogP contribution < -0.4 is 10.0 Å². The lowest BCUT2D eigenvalue weighted by Gasteiger charge is -2.45. The highest BCUT2D eigenvalue weighted by molar-refractivity contribution is 7.90. The topological polar surface area (TPSA) is 117 Å². The number of sulfonamides is 1. The number of nitrogens with one attached hydrogen (secondary N) is 2. The summed E-state index contributed by atoms with van der Waals surface area (Å²) in [6, 6.07) is 24.4. The van der Waals surface area contributed by atoms with E-state index in [1.807, 2.05) is 9.62 Å². The molecule has 1 unspecified atom stereocenters. The highest BCUT2D eigenvalue weighted by Crippen LogP contribution is 2.45. The van der Waals surface area contributed by atoms with Gasteiger partial charge in [-0.1, -0.05) is 42.5 Å². The van der Waals surface area contributed by atoms with E-state index in [4.69, 9.17) is 4.98 Å². The van der Waals surface area contributed by atoms with Crippen molar-refractivity contribution in [2.24, 2.45) is 0 Å². The van der Waals surface area contributed by atoms with Gasteiger partial charge >= 0.3 is 6.03 Å². The number of rotatable bonds is 6. The quantitative estimate of drug-likeness (QED) is 0.280. The number of para-hydroxylation sites is 2. The van der Waals surface area contributed by atoms with Gasteiger partial charge in [0.1, 0.15) is 10.7 Å². The van der Waals surface area contributed by atoms with Gasteiger partial charge in [-0.2, -0.15) is 0 Å². The molecule has 47 heavy (non-hydrogen) atoms. The number of anilines is 1. The fraction of sp³-hybridized carbons (Fsp3) is 0.417. The zero-order chi connectivity index (χ0) is 32.3. The maximum Gasteiger partial charge on any atom is 0.333 e. The number of piperidine rings is 2. The number of benzene rings is 3. The summed E-state index contributed by atoms with van der Waals surface area (Å²) >= 11 is 0. The van der Waals surface area contributed by atoms with E-state index >= 15 is 0 Å². The van der Waals surface area contributed by atoms with Crippen LogP contribution in [0, 0.1) is 6.92 Å². The third kappa shape index (κ3) is 5.29. The maximum atomic E-state index is 13.6. The third-order valence-corrected chi connectivity index (χ3v) is 12.6. The van der Waals surface area contributed by atoms with Crippen molar-refractivity contribution in [2.75, 3.05) is 25.0 Å². The summed E-state index contributed by atoms with van der Waals surface area (Å²) in [6.45, 7) is 4.40. The Labute approximate surface area is 275 Å². The standard InChI is InChI=1S/C36H40N6O4S/c1-24-37-30-9-5-6-10-32(30)42(24)29-22-27-12-13-28(23-29)41(27)20-17-36(26-7-3-2-4-8-26)15-18-40(19-16-36)34(43)25-11-14-33-31(21-25)38-35(44)39-47(33,45)46/h2-11,14,21,27-29H,12-13,15-20,22-23H2,1H3,(H2,38,39,44)/t27-,28+,29?. The van der Waals surface area contributed by atoms with Crippen LogP contribution in [0.2, 0.25) is 0 Å². The van der Waals surface area contributed by atoms with E-state index < -0.39 is 16.1 Å². The Hall–Kier alpha value is -4.22. The predicted octanol–water partition coefficient (Wildman–Crippen LogP) is 5.60. The summed E-state index contributed by atoms with van der Waals surface area (Å²) < 4.78 is 29.1. The fourth-order valence-electron chi connectivity index (χ4n) is 8.91. The SMILES string of the molecule is Cc1nc2ccccc2n1C1C[C@H]2CC[C@@H](C1)N2CCC1(c2ccccc2)CCN(C(=O)c2ccc3c(c2)NC(=O)NS3(=O)=O)CC1. The molecular formula is C36H40N6O4S. The zero-order valence-electron chi connectivity index (χ0n) is 26.6. The number of nitrogens with zero attached hydrogens (tertiary/aromatic N) is 4. The lowest BCUT2D eigenvalue weighted by molar-refractivity contribution is 0.0607. The predicted molar refractivity (Wildman–Crippen MR) is 180 cm³/mol. The largest absolute Gasteiger partial charge is 0.339 e. The number of likely N-dealkylation sites (tertiary alicyclic amines) is 1. The van der Waals surface area contributed by atoms with Gasteiger partial charge in [0.15, 0.2) is 0 Å². The average molecular weight is 653 g/mol. The lowest BCUT2D eigenvalue weighted by atomic mass is 9.70. The number of imidazole rings is 1. The van der Waals surface area contributed by atoms with E-state index in [2.05, 4.69) is 76.3 Å². The molecular weight excluding hydrogens is 613 g/mol. The minimum absolute atomic E-state index is 0.0327. The van der Waals surface area contributed by atoms with Crippen LogP contribution in [0.25, 0.3) is 11.0 Å². The first-order valence-corrected chi connectivity index (χ1v) is 18.2. The lowest BCUT2D eigenvalue weighted by Crippen LogP contribution is -2.49. The van der Waals surface area contributed by atoms with Gasteiger partial charge in [-0.05, 0) is 99.7 Å². The Morgan fingerprint density at radius 1 is 0.936 bits per heavy atom. The number of carbonyl (C=O) groups is 2. The van der Waals surface area contributed by atoms with E-state index in [-0.39, 0.29) is 21.9 Å². The molecule has 3 fully saturated rings. The molecule has 0 radical (unpaired) electrons. The molecule has 4 aromatic rings. The van der Waals surface area contributed by atoms with Gasteiger partial charge in [-0.15, -0.1) is 0 Å². The number of aryl methyl sites for hydroxylation is 1. The number of hydrogen-bond acceptors (Lipinski definition) is 6. The Morgan fingerprint density at radius 2 is 1.64 bits per heavy atom. The molecule has 8 rings (SSSR count). The van der Waals surface area contributed by atoms with E-state index in [9.17, 15) is 18.0 Å². The summed E-state index contributed by atoms with van der Waals surface area (Å²) in [4.78, 5) is 35.0. The van der Waals surface area contributed by atoms with E-state index in [1.54, 1.807) is 0 Å². The summed E-state index contributed by atoms with van der Waals surface area (Å²) in [5, 5.41) is 2.52. The van der Waals surface area contributed by atoms with Gasteiger partial charge < -0.3 is 14.8 Å². The van der Waals surface area contributed by atoms with Crippen LogP contribution in [0.5, 0.6) is 0 Å². The molecule has 0 saturated carbocycles. The molecule has 3 aromatic carbocycles. The molecule has 1 aromatic heterocycles. The van der Waals surface area contributed by atoms with E-state index in [0.29, 0.717) is 36.8 Å². The normalized spacial score (nSPS) is 24.8. The molecule has 4 aliphatic rings. The molecule has 2 bridgehead atoms. The molecule has 0 spiro atoms. The van der Waals surface area contributed by atoms with Crippen molar-refractivity contribution in [2.45, 2.75) is 80.3 Å². The van der Waals surface area contributed by atoms with Crippen molar-refractivity contribution in [3.05, 3.63) is 89.7 Å². The van der Waals surface area contributed by atoms with Crippen LogP contribution in [0.1, 0.15) is 72.7 Å². The highest BCUT2D eigenvalue weighted by atomic mass is 32.2. The second kappa shape index (κ2) is 11.5. The first kappa shape index (κ1) is 30.1. The first-order chi connectivity index (χ1) is 22.7. The molecule has 3 amide bonds. The number of carbonyl (C=O) groups excluding carboxylic acids is 2. The van der Waals surface area contributed by atoms with Gasteiger partial charge in [-0.25, -0.2) is 22.9 Å². The molecule has 11 heteroatoms. The smallest absolute Gasteiger partial charge is 0.333 e. The van der Waals surface area contributed by atoms with Crippen molar-refractivity contribution in [1.29, 1.82) is 0 Å². The van der Waals surface area contributed by atoms with E-state index in [1.165, 1.54) is 42.1 Å². The van der Waals surface area contributed by atoms with Crippen molar-refractivity contribution in [3.63, 3.8) is 0 Å². The van der Waals surface area contributed by atoms with Gasteiger partial charge in [-0.3, -0.25) is 9.69 Å². The highest BCUT2D eigenvalue weighted by Gasteiger charge is 2.44. The van der Waals surface area contributed by atoms with Gasteiger partial charge in [0.2, 0.25) is 0 Å². The molecule has 2 N–H and O–H groups in total. The van der Waals surface area contributed by atoms with Crippen LogP contribution in [-0.4, -0.2) is 71.4 Å². The Kier molecular flexibility index (Phi) is 7.36. The molecule has 5 heterocycles. The zero-order valence-corrected chi connectivity index (χ0v) is 27.4. The molecule has 0 aliphatic carbocycles. The number of urea groups is 1. The van der Waals surface area contributed by atoms with Gasteiger partial charge in [0.05, 0.1) is 16.7 Å². The minimum Gasteiger partial charge on any atom is -0.339 e. The Bertz CT molecular complexity index is 1950. The van der Waals surface area contributed by atoms with Crippen LogP contribution in [0.3, 0.4) is 0 Å². The molecule has 10 nitrogen and oxygen atoms in total. The second-order valence-electron chi connectivity index (χ2n) is 13.7. The van der Waals surface area contributed by atoms with Gasteiger partial charge in [0, 0.05) is 36.8 Å². The maximum absolute atomic E-state index is 13.6. The molecule has 244 valence electrons. The van der Waals surface area contributed by atoms with Crippen LogP contribution in [0.15, 0.2) is 77.7 Å². The number of fused-ring (bicyclic) bond motifs is 4. The van der Waals surface area contributed by atoms with Crippen molar-refractivity contribution >= 4 is 38.7 Å². The Morgan fingerprint density at radius 3 is 2.38 bits per heavy atom. The van der Waals surface area contributed by atoms with Crippen molar-refractivity contribution in [3.8, 4) is 0 Å². The average Bonchev–Trinajstić information content (AvgIpc) is 3.53. The first-order valence-electron chi connectivity index (χ1n) is 16.7. The minimum atomic E-state index is -3.94. The summed E-state index contributed by atoms with van der Waals surface area (Å²) in [5.74, 6) is 0.956. The summed E-state index contributed by atoms with van der Waals surface area (Å²) in [7, 11) is -3.94. The summed E-state index contributed by atoms with van der Waals surface area (Å²) in [6.07, 6.45) is 7.54. The van der Waals surface area contributed by atoms with Crippen molar-refractivity contribution in [1.82, 2.24) is 24.1 Å². The number of amides is 3. The summed E-state index contributed by atoms with van der Waals surface area (Å²) in [5.41, 5.74) is 4.13. The molecule has 3 atom stereocenters. The van der Waals surface area contributed by atoms with Crippen LogP contribution in [-0.2, 0) is 15.4 Å². The second-order valence-corrected chi connectivity index (χ2v) is 15.4. The van der Waals surface area contributed by atoms with Crippen LogP contribution in [0.4, 0.5) is 10.5 Å². The van der Waals surface area contributed by atoms with Crippen LogP contribution >= 0.6 is 0 Å².